The van der Waals surface area contributed by atoms with Crippen molar-refractivity contribution in [3.63, 3.8) is 0 Å². The number of nitrogens with zero attached hydrogens (tertiary/aromatic N) is 1. The number of hydrogen-bond donors (Lipinski definition) is 0. The molecular weight excluding hydrogens is 257 g/mol. The van der Waals surface area contributed by atoms with E-state index in [9.17, 15) is 14.0 Å². The summed E-state index contributed by atoms with van der Waals surface area (Å²) in [6.07, 6.45) is 0.153. The number of amides is 2. The first-order valence-electron chi connectivity index (χ1n) is 6.34. The van der Waals surface area contributed by atoms with Gasteiger partial charge in [-0.15, -0.1) is 0 Å². The highest BCUT2D eigenvalue weighted by molar-refractivity contribution is 6.22. The second-order valence-electron chi connectivity index (χ2n) is 4.71. The van der Waals surface area contributed by atoms with Crippen molar-refractivity contribution < 1.29 is 14.0 Å². The number of anilines is 1. The number of carbonyl (C=O) groups is 2. The van der Waals surface area contributed by atoms with Crippen molar-refractivity contribution in [1.29, 1.82) is 0 Å². The van der Waals surface area contributed by atoms with Crippen LogP contribution in [0.5, 0.6) is 0 Å². The Kier molecular flexibility index (Phi) is 3.06. The third kappa shape index (κ3) is 2.09. The quantitative estimate of drug-likeness (QED) is 0.786. The molecule has 0 bridgehead atoms. The summed E-state index contributed by atoms with van der Waals surface area (Å²) in [5, 5.41) is 0. The standard InChI is InChI=1S/C16H12FNO2/c17-12-6-8-13(9-7-12)18-15(19)10-14(16(18)20)11-4-2-1-3-5-11/h1-9,14H,10H2/t14-/m1/s1. The van der Waals surface area contributed by atoms with Crippen LogP contribution in [-0.4, -0.2) is 11.8 Å². The van der Waals surface area contributed by atoms with Crippen LogP contribution in [0.25, 0.3) is 0 Å². The van der Waals surface area contributed by atoms with Gasteiger partial charge in [-0.25, -0.2) is 4.39 Å². The summed E-state index contributed by atoms with van der Waals surface area (Å²) in [6.45, 7) is 0. The van der Waals surface area contributed by atoms with Gasteiger partial charge in [-0.05, 0) is 29.8 Å². The van der Waals surface area contributed by atoms with Gasteiger partial charge >= 0.3 is 0 Å². The lowest BCUT2D eigenvalue weighted by atomic mass is 9.98. The molecule has 0 saturated carbocycles. The van der Waals surface area contributed by atoms with Gasteiger partial charge in [-0.1, -0.05) is 30.3 Å². The Bertz CT molecular complexity index is 652. The summed E-state index contributed by atoms with van der Waals surface area (Å²) in [4.78, 5) is 25.6. The highest BCUT2D eigenvalue weighted by Gasteiger charge is 2.40. The van der Waals surface area contributed by atoms with E-state index in [-0.39, 0.29) is 18.2 Å². The van der Waals surface area contributed by atoms with Gasteiger partial charge in [0.2, 0.25) is 11.8 Å². The number of hydrogen-bond acceptors (Lipinski definition) is 2. The molecule has 1 aliphatic heterocycles. The van der Waals surface area contributed by atoms with Crippen molar-refractivity contribution in [2.24, 2.45) is 0 Å². The monoisotopic (exact) mass is 269 g/mol. The molecule has 100 valence electrons. The van der Waals surface area contributed by atoms with Gasteiger partial charge in [0, 0.05) is 6.42 Å². The maximum Gasteiger partial charge on any atom is 0.241 e. The number of benzene rings is 2. The molecule has 0 unspecified atom stereocenters. The van der Waals surface area contributed by atoms with E-state index < -0.39 is 11.7 Å². The molecule has 3 rings (SSSR count). The topological polar surface area (TPSA) is 37.4 Å². The Labute approximate surface area is 115 Å². The molecule has 0 spiro atoms. The average Bonchev–Trinajstić information content (AvgIpc) is 2.76. The van der Waals surface area contributed by atoms with E-state index in [0.29, 0.717) is 5.69 Å². The van der Waals surface area contributed by atoms with Crippen molar-refractivity contribution in [2.45, 2.75) is 12.3 Å². The summed E-state index contributed by atoms with van der Waals surface area (Å²) in [5.41, 5.74) is 1.25. The summed E-state index contributed by atoms with van der Waals surface area (Å²) in [5.74, 6) is -1.36. The predicted octanol–water partition coefficient (Wildman–Crippen LogP) is 2.87. The van der Waals surface area contributed by atoms with Crippen LogP contribution in [0.15, 0.2) is 54.6 Å². The van der Waals surface area contributed by atoms with Crippen molar-refractivity contribution >= 4 is 17.5 Å². The van der Waals surface area contributed by atoms with Crippen molar-refractivity contribution in [3.8, 4) is 0 Å². The molecular formula is C16H12FNO2. The van der Waals surface area contributed by atoms with Crippen molar-refractivity contribution in [3.05, 3.63) is 66.0 Å². The van der Waals surface area contributed by atoms with Gasteiger partial charge in [0.1, 0.15) is 5.82 Å². The molecule has 0 aromatic heterocycles. The summed E-state index contributed by atoms with van der Waals surface area (Å²) < 4.78 is 12.9. The molecule has 2 aromatic carbocycles. The predicted molar refractivity (Wildman–Crippen MR) is 72.7 cm³/mol. The molecule has 0 radical (unpaired) electrons. The zero-order valence-electron chi connectivity index (χ0n) is 10.6. The number of rotatable bonds is 2. The molecule has 0 aliphatic carbocycles. The Morgan fingerprint density at radius 2 is 1.60 bits per heavy atom. The molecule has 2 aromatic rings. The molecule has 4 heteroatoms. The minimum atomic E-state index is -0.450. The van der Waals surface area contributed by atoms with Gasteiger partial charge in [0.05, 0.1) is 11.6 Å². The first-order valence-corrected chi connectivity index (χ1v) is 6.34. The Morgan fingerprint density at radius 3 is 2.25 bits per heavy atom. The van der Waals surface area contributed by atoms with Crippen LogP contribution in [0.3, 0.4) is 0 Å². The lowest BCUT2D eigenvalue weighted by Crippen LogP contribution is -2.29. The van der Waals surface area contributed by atoms with E-state index in [1.807, 2.05) is 30.3 Å². The van der Waals surface area contributed by atoms with Crippen molar-refractivity contribution in [1.82, 2.24) is 0 Å². The average molecular weight is 269 g/mol. The van der Waals surface area contributed by atoms with Crippen molar-refractivity contribution in [2.75, 3.05) is 4.90 Å². The normalized spacial score (nSPS) is 18.6. The zero-order valence-corrected chi connectivity index (χ0v) is 10.6. The van der Waals surface area contributed by atoms with Crippen LogP contribution in [0.1, 0.15) is 17.9 Å². The number of halogens is 1. The fraction of sp³-hybridized carbons (Fsp3) is 0.125. The minimum absolute atomic E-state index is 0.153. The van der Waals surface area contributed by atoms with E-state index in [1.54, 1.807) is 0 Å². The highest BCUT2D eigenvalue weighted by Crippen LogP contribution is 2.32. The van der Waals surface area contributed by atoms with Gasteiger partial charge in [0.25, 0.3) is 0 Å². The fourth-order valence-electron chi connectivity index (χ4n) is 2.44. The van der Waals surface area contributed by atoms with Crippen LogP contribution in [0.2, 0.25) is 0 Å². The van der Waals surface area contributed by atoms with E-state index in [2.05, 4.69) is 0 Å². The molecule has 1 atom stereocenters. The fourth-order valence-corrected chi connectivity index (χ4v) is 2.44. The molecule has 2 amide bonds. The minimum Gasteiger partial charge on any atom is -0.274 e. The van der Waals surface area contributed by atoms with Crippen LogP contribution >= 0.6 is 0 Å². The molecule has 1 fully saturated rings. The Morgan fingerprint density at radius 1 is 0.950 bits per heavy atom. The van der Waals surface area contributed by atoms with Gasteiger partial charge < -0.3 is 0 Å². The van der Waals surface area contributed by atoms with E-state index in [1.165, 1.54) is 24.3 Å². The largest absolute Gasteiger partial charge is 0.274 e. The molecule has 1 aliphatic rings. The molecule has 0 N–H and O–H groups in total. The van der Waals surface area contributed by atoms with Crippen LogP contribution in [0.4, 0.5) is 10.1 Å². The van der Waals surface area contributed by atoms with Gasteiger partial charge in [0.15, 0.2) is 0 Å². The maximum atomic E-state index is 12.9. The third-order valence-electron chi connectivity index (χ3n) is 3.43. The lowest BCUT2D eigenvalue weighted by Gasteiger charge is -2.15. The van der Waals surface area contributed by atoms with E-state index in [4.69, 9.17) is 0 Å². The third-order valence-corrected chi connectivity index (χ3v) is 3.43. The number of carbonyl (C=O) groups excluding carboxylic acids is 2. The molecule has 3 nitrogen and oxygen atoms in total. The first-order chi connectivity index (χ1) is 9.66. The maximum absolute atomic E-state index is 12.9. The highest BCUT2D eigenvalue weighted by atomic mass is 19.1. The lowest BCUT2D eigenvalue weighted by molar-refractivity contribution is -0.121. The Hall–Kier alpha value is -2.49. The van der Waals surface area contributed by atoms with Crippen LogP contribution < -0.4 is 4.90 Å². The first kappa shape index (κ1) is 12.5. The molecule has 1 saturated heterocycles. The second kappa shape index (κ2) is 4.89. The summed E-state index contributed by atoms with van der Waals surface area (Å²) >= 11 is 0. The van der Waals surface area contributed by atoms with Gasteiger partial charge in [-0.2, -0.15) is 0 Å². The second-order valence-corrected chi connectivity index (χ2v) is 4.71. The van der Waals surface area contributed by atoms with E-state index in [0.717, 1.165) is 10.5 Å². The van der Waals surface area contributed by atoms with Gasteiger partial charge in [-0.3, -0.25) is 14.5 Å². The number of imide groups is 1. The Balaban J connectivity index is 1.93. The zero-order chi connectivity index (χ0) is 14.1. The van der Waals surface area contributed by atoms with Crippen LogP contribution in [-0.2, 0) is 9.59 Å². The smallest absolute Gasteiger partial charge is 0.241 e. The molecule has 1 heterocycles. The molecule has 20 heavy (non-hydrogen) atoms. The summed E-state index contributed by atoms with van der Waals surface area (Å²) in [6, 6.07) is 14.6. The SMILES string of the molecule is O=C1C[C@H](c2ccccc2)C(=O)N1c1ccc(F)cc1. The summed E-state index contributed by atoms with van der Waals surface area (Å²) in [7, 11) is 0. The van der Waals surface area contributed by atoms with Crippen LogP contribution in [0, 0.1) is 5.82 Å². The van der Waals surface area contributed by atoms with E-state index >= 15 is 0 Å².